The zero-order valence-electron chi connectivity index (χ0n) is 12.4. The van der Waals surface area contributed by atoms with Gasteiger partial charge in [0.2, 0.25) is 0 Å². The van der Waals surface area contributed by atoms with E-state index in [2.05, 4.69) is 50.0 Å². The molecular formula is C15H22Cl2OSiZr. The van der Waals surface area contributed by atoms with Crippen LogP contribution in [-0.2, 0) is 27.7 Å². The molecule has 5 heteroatoms. The first-order chi connectivity index (χ1) is 8.54. The molecule has 0 amide bonds. The molecule has 0 fully saturated rings. The third-order valence-corrected chi connectivity index (χ3v) is 7.82. The normalized spacial score (nSPS) is 16.6. The SMILES string of the molecule is C[Si](C)(C)OCCC1=[C]([Zr+2][C]2=CC=CC2)CC=C1.[Cl-].[Cl-]. The van der Waals surface area contributed by atoms with Crippen LogP contribution in [0.25, 0.3) is 0 Å². The van der Waals surface area contributed by atoms with Gasteiger partial charge >= 0.3 is 124 Å². The second-order valence-electron chi connectivity index (χ2n) is 5.77. The summed E-state index contributed by atoms with van der Waals surface area (Å²) in [6.45, 7) is 7.70. The third-order valence-electron chi connectivity index (χ3n) is 3.02. The van der Waals surface area contributed by atoms with Crippen molar-refractivity contribution in [3.63, 3.8) is 0 Å². The fourth-order valence-electron chi connectivity index (χ4n) is 2.12. The summed E-state index contributed by atoms with van der Waals surface area (Å²) in [6.07, 6.45) is 15.1. The van der Waals surface area contributed by atoms with Crippen LogP contribution in [0, 0.1) is 0 Å². The van der Waals surface area contributed by atoms with Crippen molar-refractivity contribution in [2.24, 2.45) is 0 Å². The van der Waals surface area contributed by atoms with Crippen LogP contribution >= 0.6 is 0 Å². The van der Waals surface area contributed by atoms with Crippen molar-refractivity contribution >= 4 is 8.32 Å². The molecule has 0 N–H and O–H groups in total. The molecule has 2 aliphatic rings. The zero-order chi connectivity index (χ0) is 13.0. The molecule has 1 nitrogen and oxygen atoms in total. The Labute approximate surface area is 148 Å². The monoisotopic (exact) mass is 406 g/mol. The van der Waals surface area contributed by atoms with Gasteiger partial charge in [-0.15, -0.1) is 0 Å². The van der Waals surface area contributed by atoms with Crippen molar-refractivity contribution in [2.75, 3.05) is 6.61 Å². The first-order valence-corrected chi connectivity index (χ1v) is 12.6. The van der Waals surface area contributed by atoms with E-state index in [1.165, 1.54) is 12.8 Å². The van der Waals surface area contributed by atoms with Gasteiger partial charge in [0.05, 0.1) is 0 Å². The molecule has 2 aliphatic carbocycles. The average molecular weight is 409 g/mol. The number of hydrogen-bond acceptors (Lipinski definition) is 1. The van der Waals surface area contributed by atoms with Crippen LogP contribution in [0.5, 0.6) is 0 Å². The van der Waals surface area contributed by atoms with E-state index >= 15 is 0 Å². The van der Waals surface area contributed by atoms with Gasteiger partial charge in [0.1, 0.15) is 0 Å². The molecule has 0 aliphatic heterocycles. The quantitative estimate of drug-likeness (QED) is 0.480. The van der Waals surface area contributed by atoms with Gasteiger partial charge in [-0.25, -0.2) is 0 Å². The Hall–Kier alpha value is 0.600. The molecule has 0 aromatic heterocycles. The van der Waals surface area contributed by atoms with E-state index in [0.717, 1.165) is 13.0 Å². The minimum atomic E-state index is -1.34. The van der Waals surface area contributed by atoms with E-state index in [9.17, 15) is 0 Å². The third kappa shape index (κ3) is 7.04. The predicted molar refractivity (Wildman–Crippen MR) is 76.5 cm³/mol. The van der Waals surface area contributed by atoms with Gasteiger partial charge in [-0.05, 0) is 0 Å². The van der Waals surface area contributed by atoms with E-state index in [0.29, 0.717) is 0 Å². The fourth-order valence-corrected chi connectivity index (χ4v) is 6.21. The molecule has 0 saturated heterocycles. The second-order valence-corrected chi connectivity index (χ2v) is 14.0. The number of rotatable bonds is 6. The summed E-state index contributed by atoms with van der Waals surface area (Å²) < 4.78 is 9.47. The Balaban J connectivity index is 0.00000180. The van der Waals surface area contributed by atoms with Crippen LogP contribution in [0.2, 0.25) is 19.6 Å². The Kier molecular flexibility index (Phi) is 9.87. The predicted octanol–water partition coefficient (Wildman–Crippen LogP) is -1.62. The average Bonchev–Trinajstić information content (AvgIpc) is 2.90. The van der Waals surface area contributed by atoms with E-state index in [4.69, 9.17) is 4.43 Å². The van der Waals surface area contributed by atoms with Crippen LogP contribution in [0.1, 0.15) is 19.3 Å². The Morgan fingerprint density at radius 2 is 1.90 bits per heavy atom. The Morgan fingerprint density at radius 1 is 1.15 bits per heavy atom. The summed E-state index contributed by atoms with van der Waals surface area (Å²) in [7, 11) is -1.34. The minimum absolute atomic E-state index is 0. The molecule has 0 spiro atoms. The fraction of sp³-hybridized carbons (Fsp3) is 0.467. The minimum Gasteiger partial charge on any atom is -1.00 e. The molecule has 2 rings (SSSR count). The van der Waals surface area contributed by atoms with Gasteiger partial charge in [0.25, 0.3) is 0 Å². The van der Waals surface area contributed by atoms with Crippen molar-refractivity contribution in [1.82, 2.24) is 0 Å². The van der Waals surface area contributed by atoms with Gasteiger partial charge in [0, 0.05) is 0 Å². The smallest absolute Gasteiger partial charge is 1.00 e. The number of halogens is 2. The molecule has 0 bridgehead atoms. The van der Waals surface area contributed by atoms with Gasteiger partial charge in [-0.2, -0.15) is 0 Å². The standard InChI is InChI=1S/C10H17OSi.C5H5.2ClH.Zr/c1-12(2,3)11-9-8-10-6-4-5-7-10;1-2-4-5-3-1;;;/h4,6H,5,8-9H2,1-3H3;1-3H,4H2;2*1H;/q;;;;+2/p-2. The number of hydrogen-bond donors (Lipinski definition) is 0. The van der Waals surface area contributed by atoms with E-state index in [-0.39, 0.29) is 24.8 Å². The maximum absolute atomic E-state index is 5.97. The summed E-state index contributed by atoms with van der Waals surface area (Å²) in [6, 6.07) is 0. The molecule has 0 aromatic carbocycles. The first kappa shape index (κ1) is 20.6. The zero-order valence-corrected chi connectivity index (χ0v) is 17.3. The van der Waals surface area contributed by atoms with Crippen LogP contribution in [0.3, 0.4) is 0 Å². The summed E-state index contributed by atoms with van der Waals surface area (Å²) in [4.78, 5) is 0. The molecule has 0 atom stereocenters. The first-order valence-electron chi connectivity index (χ1n) is 6.70. The molecule has 20 heavy (non-hydrogen) atoms. The molecule has 110 valence electrons. The van der Waals surface area contributed by atoms with Crippen LogP contribution in [0.4, 0.5) is 0 Å². The van der Waals surface area contributed by atoms with Crippen LogP contribution < -0.4 is 24.8 Å². The van der Waals surface area contributed by atoms with Crippen molar-refractivity contribution < 1.29 is 52.5 Å². The van der Waals surface area contributed by atoms with E-state index in [1.807, 2.05) is 0 Å². The van der Waals surface area contributed by atoms with Gasteiger partial charge in [-0.1, -0.05) is 0 Å². The summed E-state index contributed by atoms with van der Waals surface area (Å²) in [5, 5.41) is 0. The van der Waals surface area contributed by atoms with Crippen molar-refractivity contribution in [2.45, 2.75) is 38.9 Å². The topological polar surface area (TPSA) is 9.23 Å². The Bertz CT molecular complexity index is 434. The molecular weight excluding hydrogens is 386 g/mol. The van der Waals surface area contributed by atoms with Crippen molar-refractivity contribution in [3.05, 3.63) is 42.5 Å². The van der Waals surface area contributed by atoms with Crippen molar-refractivity contribution in [3.8, 4) is 0 Å². The summed E-state index contributed by atoms with van der Waals surface area (Å²) >= 11 is -0.472. The summed E-state index contributed by atoms with van der Waals surface area (Å²) in [5.41, 5.74) is 1.59. The van der Waals surface area contributed by atoms with Gasteiger partial charge in [0.15, 0.2) is 0 Å². The van der Waals surface area contributed by atoms with Crippen LogP contribution in [0.15, 0.2) is 42.5 Å². The van der Waals surface area contributed by atoms with E-state index in [1.54, 1.807) is 12.1 Å². The van der Waals surface area contributed by atoms with Gasteiger partial charge < -0.3 is 24.8 Å². The molecule has 0 unspecified atom stereocenters. The molecule has 0 heterocycles. The molecule has 0 saturated carbocycles. The number of allylic oxidation sites excluding steroid dienone is 7. The van der Waals surface area contributed by atoms with Crippen LogP contribution in [-0.4, -0.2) is 14.9 Å². The molecule has 0 aromatic rings. The summed E-state index contributed by atoms with van der Waals surface area (Å²) in [5.74, 6) is 0. The van der Waals surface area contributed by atoms with Gasteiger partial charge in [-0.3, -0.25) is 0 Å². The maximum atomic E-state index is 5.97. The largest absolute Gasteiger partial charge is 1.00 e. The van der Waals surface area contributed by atoms with E-state index < -0.39 is 31.6 Å². The van der Waals surface area contributed by atoms with Crippen molar-refractivity contribution in [1.29, 1.82) is 0 Å². The maximum Gasteiger partial charge on any atom is -1.00 e. The Morgan fingerprint density at radius 3 is 2.50 bits per heavy atom. The molecule has 0 radical (unpaired) electrons. The second kappa shape index (κ2) is 9.58.